The maximum Gasteiger partial charge on any atom is 0.124 e. The second-order valence-corrected chi connectivity index (χ2v) is 6.19. The molecule has 0 aliphatic heterocycles. The van der Waals surface area contributed by atoms with Gasteiger partial charge in [-0.25, -0.2) is 0 Å². The molecular weight excluding hydrogens is 262 g/mol. The minimum Gasteiger partial charge on any atom is -0.365 e. The number of hydrogen-bond acceptors (Lipinski definition) is 3. The first kappa shape index (κ1) is 15.7. The van der Waals surface area contributed by atoms with Gasteiger partial charge in [0.15, 0.2) is 0 Å². The SMILES string of the molecule is CN(C)C(C)(C)COC(c1ccccc1)c1ccnn1C. The predicted octanol–water partition coefficient (Wildman–Crippen LogP) is 2.87. The maximum absolute atomic E-state index is 6.28. The fourth-order valence-electron chi connectivity index (χ4n) is 2.04. The molecule has 1 aromatic carbocycles. The molecule has 0 aliphatic rings. The lowest BCUT2D eigenvalue weighted by atomic mass is 10.0. The lowest BCUT2D eigenvalue weighted by molar-refractivity contribution is 0.00124. The molecule has 0 spiro atoms. The minimum absolute atomic E-state index is 0.0222. The van der Waals surface area contributed by atoms with Crippen LogP contribution < -0.4 is 0 Å². The molecule has 1 aromatic heterocycles. The van der Waals surface area contributed by atoms with E-state index in [-0.39, 0.29) is 11.6 Å². The highest BCUT2D eigenvalue weighted by Crippen LogP contribution is 2.27. The van der Waals surface area contributed by atoms with Crippen molar-refractivity contribution in [2.24, 2.45) is 7.05 Å². The summed E-state index contributed by atoms with van der Waals surface area (Å²) >= 11 is 0. The van der Waals surface area contributed by atoms with Crippen molar-refractivity contribution in [2.75, 3.05) is 20.7 Å². The Morgan fingerprint density at radius 1 is 1.19 bits per heavy atom. The van der Waals surface area contributed by atoms with Crippen LogP contribution in [0, 0.1) is 0 Å². The molecule has 4 heteroatoms. The van der Waals surface area contributed by atoms with Crippen LogP contribution in [-0.4, -0.2) is 40.9 Å². The van der Waals surface area contributed by atoms with Gasteiger partial charge in [0.1, 0.15) is 6.10 Å². The Morgan fingerprint density at radius 3 is 2.38 bits per heavy atom. The summed E-state index contributed by atoms with van der Waals surface area (Å²) in [5, 5.41) is 4.27. The maximum atomic E-state index is 6.28. The van der Waals surface area contributed by atoms with E-state index in [0.717, 1.165) is 11.3 Å². The molecule has 0 bridgehead atoms. The molecule has 114 valence electrons. The molecule has 0 saturated heterocycles. The topological polar surface area (TPSA) is 30.3 Å². The summed E-state index contributed by atoms with van der Waals surface area (Å²) in [5.41, 5.74) is 2.19. The highest BCUT2D eigenvalue weighted by atomic mass is 16.5. The fourth-order valence-corrected chi connectivity index (χ4v) is 2.04. The van der Waals surface area contributed by atoms with Gasteiger partial charge in [0, 0.05) is 18.8 Å². The average Bonchev–Trinajstić information content (AvgIpc) is 2.86. The third-order valence-corrected chi connectivity index (χ3v) is 4.04. The van der Waals surface area contributed by atoms with Crippen molar-refractivity contribution in [3.63, 3.8) is 0 Å². The zero-order valence-corrected chi connectivity index (χ0v) is 13.6. The van der Waals surface area contributed by atoms with Crippen LogP contribution in [0.3, 0.4) is 0 Å². The van der Waals surface area contributed by atoms with Crippen molar-refractivity contribution < 1.29 is 4.74 Å². The standard InChI is InChI=1S/C17H25N3O/c1-17(2,19(3)4)13-21-16(14-9-7-6-8-10-14)15-11-12-18-20(15)5/h6-12,16H,13H2,1-5H3. The quantitative estimate of drug-likeness (QED) is 0.818. The molecule has 1 atom stereocenters. The van der Waals surface area contributed by atoms with Crippen molar-refractivity contribution in [1.82, 2.24) is 14.7 Å². The van der Waals surface area contributed by atoms with E-state index < -0.39 is 0 Å². The Bertz CT molecular complexity index is 560. The highest BCUT2D eigenvalue weighted by molar-refractivity contribution is 5.25. The van der Waals surface area contributed by atoms with E-state index in [0.29, 0.717) is 6.61 Å². The monoisotopic (exact) mass is 287 g/mol. The summed E-state index contributed by atoms with van der Waals surface area (Å²) < 4.78 is 8.15. The number of hydrogen-bond donors (Lipinski definition) is 0. The second-order valence-electron chi connectivity index (χ2n) is 6.19. The first-order valence-corrected chi connectivity index (χ1v) is 7.24. The van der Waals surface area contributed by atoms with E-state index in [2.05, 4.69) is 50.1 Å². The third-order valence-electron chi connectivity index (χ3n) is 4.04. The molecule has 2 rings (SSSR count). The van der Waals surface area contributed by atoms with Crippen LogP contribution in [0.15, 0.2) is 42.6 Å². The van der Waals surface area contributed by atoms with Crippen LogP contribution >= 0.6 is 0 Å². The van der Waals surface area contributed by atoms with Gasteiger partial charge in [-0.3, -0.25) is 4.68 Å². The van der Waals surface area contributed by atoms with Crippen molar-refractivity contribution in [2.45, 2.75) is 25.5 Å². The van der Waals surface area contributed by atoms with Crippen molar-refractivity contribution in [3.8, 4) is 0 Å². The van der Waals surface area contributed by atoms with Crippen LogP contribution in [0.25, 0.3) is 0 Å². The van der Waals surface area contributed by atoms with Gasteiger partial charge < -0.3 is 9.64 Å². The van der Waals surface area contributed by atoms with Gasteiger partial charge in [-0.2, -0.15) is 5.10 Å². The molecule has 0 radical (unpaired) electrons. The Balaban J connectivity index is 2.24. The van der Waals surface area contributed by atoms with Crippen LogP contribution in [0.5, 0.6) is 0 Å². The molecule has 1 unspecified atom stereocenters. The Kier molecular flexibility index (Phi) is 4.80. The molecule has 0 fully saturated rings. The summed E-state index contributed by atoms with van der Waals surface area (Å²) in [4.78, 5) is 2.18. The van der Waals surface area contributed by atoms with Gasteiger partial charge in [0.2, 0.25) is 0 Å². The first-order valence-electron chi connectivity index (χ1n) is 7.24. The molecule has 0 amide bonds. The highest BCUT2D eigenvalue weighted by Gasteiger charge is 2.25. The Hall–Kier alpha value is -1.65. The molecule has 21 heavy (non-hydrogen) atoms. The molecule has 1 heterocycles. The predicted molar refractivity (Wildman–Crippen MR) is 85.2 cm³/mol. The van der Waals surface area contributed by atoms with E-state index in [1.807, 2.05) is 42.2 Å². The molecule has 2 aromatic rings. The molecule has 4 nitrogen and oxygen atoms in total. The number of benzene rings is 1. The van der Waals surface area contributed by atoms with Gasteiger partial charge >= 0.3 is 0 Å². The zero-order chi connectivity index (χ0) is 15.5. The summed E-state index contributed by atoms with van der Waals surface area (Å²) in [6.45, 7) is 5.00. The van der Waals surface area contributed by atoms with Crippen molar-refractivity contribution >= 4 is 0 Å². The number of aryl methyl sites for hydroxylation is 1. The van der Waals surface area contributed by atoms with E-state index in [9.17, 15) is 0 Å². The van der Waals surface area contributed by atoms with Gasteiger partial charge in [0.25, 0.3) is 0 Å². The molecular formula is C17H25N3O. The second kappa shape index (κ2) is 6.41. The van der Waals surface area contributed by atoms with E-state index in [1.165, 1.54) is 0 Å². The van der Waals surface area contributed by atoms with Crippen molar-refractivity contribution in [1.29, 1.82) is 0 Å². The average molecular weight is 287 g/mol. The molecule has 0 aliphatic carbocycles. The number of aromatic nitrogens is 2. The van der Waals surface area contributed by atoms with E-state index in [1.54, 1.807) is 0 Å². The van der Waals surface area contributed by atoms with E-state index >= 15 is 0 Å². The van der Waals surface area contributed by atoms with E-state index in [4.69, 9.17) is 4.74 Å². The Labute approximate surface area is 127 Å². The summed E-state index contributed by atoms with van der Waals surface area (Å²) in [5.74, 6) is 0. The number of rotatable bonds is 6. The third kappa shape index (κ3) is 3.71. The van der Waals surface area contributed by atoms with Gasteiger partial charge in [0.05, 0.1) is 12.3 Å². The largest absolute Gasteiger partial charge is 0.365 e. The first-order chi connectivity index (χ1) is 9.92. The van der Waals surface area contributed by atoms with Crippen molar-refractivity contribution in [3.05, 3.63) is 53.9 Å². The van der Waals surface area contributed by atoms with Crippen LogP contribution in [0.1, 0.15) is 31.2 Å². The lowest BCUT2D eigenvalue weighted by Crippen LogP contribution is -2.42. The number of ether oxygens (including phenoxy) is 1. The van der Waals surface area contributed by atoms with Gasteiger partial charge in [-0.1, -0.05) is 30.3 Å². The van der Waals surface area contributed by atoms with Gasteiger partial charge in [-0.15, -0.1) is 0 Å². The number of nitrogens with zero attached hydrogens (tertiary/aromatic N) is 3. The summed E-state index contributed by atoms with van der Waals surface area (Å²) in [6, 6.07) is 12.3. The van der Waals surface area contributed by atoms with Gasteiger partial charge in [-0.05, 0) is 39.6 Å². The minimum atomic E-state index is -0.0991. The smallest absolute Gasteiger partial charge is 0.124 e. The molecule has 0 N–H and O–H groups in total. The normalized spacial score (nSPS) is 13.6. The summed E-state index contributed by atoms with van der Waals surface area (Å²) in [6.07, 6.45) is 1.71. The zero-order valence-electron chi connectivity index (χ0n) is 13.6. The number of likely N-dealkylation sites (N-methyl/N-ethyl adjacent to an activating group) is 1. The Morgan fingerprint density at radius 2 is 1.86 bits per heavy atom. The van der Waals surface area contributed by atoms with Crippen LogP contribution in [0.4, 0.5) is 0 Å². The van der Waals surface area contributed by atoms with Crippen LogP contribution in [-0.2, 0) is 11.8 Å². The lowest BCUT2D eigenvalue weighted by Gasteiger charge is -2.34. The van der Waals surface area contributed by atoms with Crippen LogP contribution in [0.2, 0.25) is 0 Å². The molecule has 0 saturated carbocycles. The fraction of sp³-hybridized carbons (Fsp3) is 0.471. The summed E-state index contributed by atoms with van der Waals surface area (Å²) in [7, 11) is 6.10.